The fourth-order valence-corrected chi connectivity index (χ4v) is 9.80. The summed E-state index contributed by atoms with van der Waals surface area (Å²) < 4.78 is 1.52. The summed E-state index contributed by atoms with van der Waals surface area (Å²) in [5, 5.41) is -0.264. The third-order valence-electron chi connectivity index (χ3n) is 7.76. The highest BCUT2D eigenvalue weighted by Gasteiger charge is 2.61. The van der Waals surface area contributed by atoms with Crippen LogP contribution in [0, 0.1) is 5.92 Å². The highest BCUT2D eigenvalue weighted by Crippen LogP contribution is 2.57. The molecular formula is C30H35NO2SSi. The minimum atomic E-state index is -2.23. The number of rotatable bonds is 7. The molecule has 0 aromatic heterocycles. The van der Waals surface area contributed by atoms with Gasteiger partial charge in [0, 0.05) is 0 Å². The number of hydrogen-bond acceptors (Lipinski definition) is 3. The van der Waals surface area contributed by atoms with Crippen LogP contribution in [0.25, 0.3) is 0 Å². The zero-order chi connectivity index (χ0) is 25.4. The fraction of sp³-hybridized carbons (Fsp3) is 0.333. The van der Waals surface area contributed by atoms with Gasteiger partial charge in [-0.1, -0.05) is 125 Å². The largest absolute Gasteiger partial charge is 0.356 e. The van der Waals surface area contributed by atoms with Gasteiger partial charge in [-0.25, -0.2) is 0 Å². The number of carbonyl (C=O) groups excluding carboxylic acids is 2. The molecule has 2 atom stereocenters. The van der Waals surface area contributed by atoms with E-state index in [1.54, 1.807) is 18.7 Å². The molecule has 1 aliphatic rings. The van der Waals surface area contributed by atoms with Crippen LogP contribution < -0.4 is 0 Å². The van der Waals surface area contributed by atoms with Crippen LogP contribution in [0.2, 0.25) is 18.1 Å². The van der Waals surface area contributed by atoms with E-state index < -0.39 is 18.9 Å². The van der Waals surface area contributed by atoms with Crippen LogP contribution in [0.3, 0.4) is 0 Å². The Bertz CT molecular complexity index is 1090. The highest BCUT2D eigenvalue weighted by atomic mass is 32.2. The molecule has 3 aromatic rings. The molecule has 0 radical (unpaired) electrons. The van der Waals surface area contributed by atoms with E-state index in [1.807, 2.05) is 18.2 Å². The molecule has 1 saturated heterocycles. The maximum atomic E-state index is 13.5. The van der Waals surface area contributed by atoms with Gasteiger partial charge >= 0.3 is 0 Å². The number of carbonyl (C=O) groups is 2. The van der Waals surface area contributed by atoms with E-state index >= 15 is 0 Å². The van der Waals surface area contributed by atoms with Crippen LogP contribution in [-0.2, 0) is 14.3 Å². The van der Waals surface area contributed by atoms with E-state index in [-0.39, 0.29) is 22.1 Å². The first-order valence-electron chi connectivity index (χ1n) is 12.2. The smallest absolute Gasteiger partial charge is 0.229 e. The second-order valence-electron chi connectivity index (χ2n) is 10.9. The number of benzene rings is 3. The number of hydrogen-bond donors (Lipinski definition) is 0. The van der Waals surface area contributed by atoms with Gasteiger partial charge in [0.05, 0.1) is 10.1 Å². The molecule has 0 aliphatic carbocycles. The normalized spacial score (nSPS) is 18.8. The first kappa shape index (κ1) is 25.5. The Morgan fingerprint density at radius 3 is 1.46 bits per heavy atom. The molecule has 0 bridgehead atoms. The molecule has 0 spiro atoms. The van der Waals surface area contributed by atoms with Gasteiger partial charge in [-0.3, -0.25) is 9.59 Å². The van der Waals surface area contributed by atoms with Crippen molar-refractivity contribution >= 4 is 31.7 Å². The predicted octanol–water partition coefficient (Wildman–Crippen LogP) is 7.09. The molecule has 3 aromatic carbocycles. The Balaban J connectivity index is 1.96. The van der Waals surface area contributed by atoms with Crippen molar-refractivity contribution in [3.63, 3.8) is 0 Å². The van der Waals surface area contributed by atoms with Crippen molar-refractivity contribution in [3.05, 3.63) is 108 Å². The number of Topliss-reactive ketones (excluding diaryl/α,β-unsaturated/α-hetero) is 1. The Morgan fingerprint density at radius 2 is 1.14 bits per heavy atom. The molecule has 1 heterocycles. The van der Waals surface area contributed by atoms with Crippen LogP contribution in [0.1, 0.15) is 44.4 Å². The standard InChI is InChI=1S/C30H35NO2SSi/c1-22(32)26-27(33)31(35(5,6)29(2,3)4)28(26)34-30(23-16-10-7-11-17-23,24-18-12-8-13-19-24)25-20-14-9-15-21-25/h7-21,26,28H,1-6H3/t26-,28+/m1/s1. The Morgan fingerprint density at radius 1 is 0.771 bits per heavy atom. The lowest BCUT2D eigenvalue weighted by molar-refractivity contribution is -0.149. The maximum Gasteiger partial charge on any atom is 0.229 e. The summed E-state index contributed by atoms with van der Waals surface area (Å²) in [4.78, 5) is 26.3. The second kappa shape index (κ2) is 9.44. The zero-order valence-corrected chi connectivity index (χ0v) is 23.3. The topological polar surface area (TPSA) is 37.4 Å². The van der Waals surface area contributed by atoms with Gasteiger partial charge in [-0.2, -0.15) is 0 Å². The molecule has 3 nitrogen and oxygen atoms in total. The van der Waals surface area contributed by atoms with Crippen molar-refractivity contribution in [2.75, 3.05) is 0 Å². The van der Waals surface area contributed by atoms with E-state index in [2.05, 4.69) is 111 Å². The lowest BCUT2D eigenvalue weighted by atomic mass is 9.84. The van der Waals surface area contributed by atoms with E-state index in [0.29, 0.717) is 0 Å². The van der Waals surface area contributed by atoms with Crippen LogP contribution >= 0.6 is 11.8 Å². The SMILES string of the molecule is CC(=O)[C@@H]1C(=O)N([Si](C)(C)C(C)(C)C)[C@H]1SC(c1ccccc1)(c1ccccc1)c1ccccc1. The molecule has 0 saturated carbocycles. The maximum absolute atomic E-state index is 13.5. The summed E-state index contributed by atoms with van der Waals surface area (Å²) in [5.41, 5.74) is 3.41. The van der Waals surface area contributed by atoms with Crippen molar-refractivity contribution in [1.82, 2.24) is 4.57 Å². The number of β-lactam (4-membered cyclic amide) rings is 1. The molecule has 1 aliphatic heterocycles. The van der Waals surface area contributed by atoms with Gasteiger partial charge in [0.2, 0.25) is 5.91 Å². The summed E-state index contributed by atoms with van der Waals surface area (Å²) in [6, 6.07) is 31.4. The molecule has 5 heteroatoms. The summed E-state index contributed by atoms with van der Waals surface area (Å²) in [6.07, 6.45) is 0. The van der Waals surface area contributed by atoms with Gasteiger partial charge in [-0.15, -0.1) is 11.8 Å². The summed E-state index contributed by atoms with van der Waals surface area (Å²) in [7, 11) is -2.23. The molecular weight excluding hydrogens is 466 g/mol. The summed E-state index contributed by atoms with van der Waals surface area (Å²) >= 11 is 1.75. The molecule has 0 unspecified atom stereocenters. The molecule has 4 rings (SSSR count). The Kier molecular flexibility index (Phi) is 6.86. The van der Waals surface area contributed by atoms with Crippen molar-refractivity contribution in [2.45, 2.75) is 55.9 Å². The van der Waals surface area contributed by atoms with E-state index in [9.17, 15) is 9.59 Å². The zero-order valence-electron chi connectivity index (χ0n) is 21.5. The lowest BCUT2D eigenvalue weighted by Gasteiger charge is -2.59. The van der Waals surface area contributed by atoms with Gasteiger partial charge in [0.1, 0.15) is 11.7 Å². The summed E-state index contributed by atoms with van der Waals surface area (Å²) in [6.45, 7) is 12.7. The molecule has 1 fully saturated rings. The second-order valence-corrected chi connectivity index (χ2v) is 17.3. The van der Waals surface area contributed by atoms with Crippen LogP contribution in [0.4, 0.5) is 0 Å². The third-order valence-corrected chi connectivity index (χ3v) is 15.1. The van der Waals surface area contributed by atoms with Crippen molar-refractivity contribution in [3.8, 4) is 0 Å². The minimum absolute atomic E-state index is 0.00956. The number of nitrogens with zero attached hydrogens (tertiary/aromatic N) is 1. The van der Waals surface area contributed by atoms with Crippen LogP contribution in [0.15, 0.2) is 91.0 Å². The van der Waals surface area contributed by atoms with Crippen LogP contribution in [-0.4, -0.2) is 29.9 Å². The Hall–Kier alpha value is -2.63. The van der Waals surface area contributed by atoms with Gasteiger partial charge < -0.3 is 4.57 Å². The number of amides is 1. The van der Waals surface area contributed by atoms with Gasteiger partial charge in [0.25, 0.3) is 0 Å². The van der Waals surface area contributed by atoms with E-state index in [4.69, 9.17) is 0 Å². The average molecular weight is 502 g/mol. The number of ketones is 1. The first-order chi connectivity index (χ1) is 16.5. The first-order valence-corrected chi connectivity index (χ1v) is 16.0. The molecule has 182 valence electrons. The summed E-state index contributed by atoms with van der Waals surface area (Å²) in [5.74, 6) is -0.681. The van der Waals surface area contributed by atoms with E-state index in [1.165, 1.54) is 0 Å². The fourth-order valence-electron chi connectivity index (χ4n) is 4.82. The van der Waals surface area contributed by atoms with Crippen molar-refractivity contribution in [1.29, 1.82) is 0 Å². The highest BCUT2D eigenvalue weighted by molar-refractivity contribution is 8.01. The van der Waals surface area contributed by atoms with E-state index in [0.717, 1.165) is 16.7 Å². The van der Waals surface area contributed by atoms with Gasteiger partial charge in [0.15, 0.2) is 8.24 Å². The molecule has 0 N–H and O–H groups in total. The Labute approximate surface area is 215 Å². The average Bonchev–Trinajstić information content (AvgIpc) is 2.82. The third kappa shape index (κ3) is 4.29. The molecule has 35 heavy (non-hydrogen) atoms. The van der Waals surface area contributed by atoms with Crippen molar-refractivity contribution < 1.29 is 9.59 Å². The minimum Gasteiger partial charge on any atom is -0.356 e. The molecule has 1 amide bonds. The van der Waals surface area contributed by atoms with Crippen LogP contribution in [0.5, 0.6) is 0 Å². The van der Waals surface area contributed by atoms with Gasteiger partial charge in [-0.05, 0) is 28.7 Å². The quantitative estimate of drug-likeness (QED) is 0.150. The predicted molar refractivity (Wildman–Crippen MR) is 149 cm³/mol. The van der Waals surface area contributed by atoms with Crippen molar-refractivity contribution in [2.24, 2.45) is 5.92 Å². The monoisotopic (exact) mass is 501 g/mol. The lowest BCUT2D eigenvalue weighted by Crippen LogP contribution is -2.73. The number of thioether (sulfide) groups is 1.